The first-order chi connectivity index (χ1) is 9.61. The molecule has 0 bridgehead atoms. The molecule has 0 fully saturated rings. The van der Waals surface area contributed by atoms with Gasteiger partial charge in [0, 0.05) is 11.7 Å². The van der Waals surface area contributed by atoms with Gasteiger partial charge in [0.1, 0.15) is 0 Å². The van der Waals surface area contributed by atoms with Crippen LogP contribution in [0.25, 0.3) is 0 Å². The summed E-state index contributed by atoms with van der Waals surface area (Å²) in [5, 5.41) is 3.37. The third-order valence-corrected chi connectivity index (χ3v) is 3.35. The van der Waals surface area contributed by atoms with Crippen LogP contribution in [-0.2, 0) is 6.42 Å². The summed E-state index contributed by atoms with van der Waals surface area (Å²) in [6.45, 7) is 4.07. The normalized spacial score (nSPS) is 12.2. The molecule has 0 aliphatic carbocycles. The fourth-order valence-corrected chi connectivity index (χ4v) is 2.25. The Kier molecular flexibility index (Phi) is 4.72. The Labute approximate surface area is 118 Å². The highest BCUT2D eigenvalue weighted by atomic mass is 19.2. The van der Waals surface area contributed by atoms with E-state index >= 15 is 0 Å². The van der Waals surface area contributed by atoms with E-state index in [2.05, 4.69) is 18.3 Å². The molecule has 0 spiro atoms. The molecule has 0 heterocycles. The molecule has 1 N–H and O–H groups in total. The zero-order valence-corrected chi connectivity index (χ0v) is 11.8. The van der Waals surface area contributed by atoms with E-state index in [-0.39, 0.29) is 6.04 Å². The van der Waals surface area contributed by atoms with Crippen molar-refractivity contribution in [2.24, 2.45) is 0 Å². The van der Waals surface area contributed by atoms with Crippen molar-refractivity contribution in [1.82, 2.24) is 0 Å². The maximum atomic E-state index is 13.3. The van der Waals surface area contributed by atoms with E-state index in [4.69, 9.17) is 0 Å². The third-order valence-electron chi connectivity index (χ3n) is 3.35. The first-order valence-electron chi connectivity index (χ1n) is 6.91. The minimum atomic E-state index is -0.813. The second-order valence-corrected chi connectivity index (χ2v) is 4.95. The molecule has 1 atom stereocenters. The quantitative estimate of drug-likeness (QED) is 0.801. The van der Waals surface area contributed by atoms with E-state index in [9.17, 15) is 8.78 Å². The van der Waals surface area contributed by atoms with Crippen LogP contribution in [0.5, 0.6) is 0 Å². The highest BCUT2D eigenvalue weighted by molar-refractivity contribution is 5.52. The van der Waals surface area contributed by atoms with E-state index in [0.29, 0.717) is 0 Å². The summed E-state index contributed by atoms with van der Waals surface area (Å²) in [6, 6.07) is 12.0. The van der Waals surface area contributed by atoms with Gasteiger partial charge >= 0.3 is 0 Å². The summed E-state index contributed by atoms with van der Waals surface area (Å²) in [5.74, 6) is -1.62. The molecular formula is C17H19F2N. The van der Waals surface area contributed by atoms with E-state index in [1.807, 2.05) is 25.1 Å². The number of halogens is 2. The van der Waals surface area contributed by atoms with Crippen LogP contribution >= 0.6 is 0 Å². The van der Waals surface area contributed by atoms with Gasteiger partial charge < -0.3 is 5.32 Å². The van der Waals surface area contributed by atoms with Crippen LogP contribution < -0.4 is 5.32 Å². The maximum absolute atomic E-state index is 13.3. The minimum Gasteiger partial charge on any atom is -0.378 e. The number of nitrogens with one attached hydrogen (secondary N) is 1. The van der Waals surface area contributed by atoms with Crippen molar-refractivity contribution in [3.63, 3.8) is 0 Å². The summed E-state index contributed by atoms with van der Waals surface area (Å²) < 4.78 is 26.2. The molecule has 0 saturated carbocycles. The Balaban J connectivity index is 2.18. The molecule has 2 aromatic rings. The van der Waals surface area contributed by atoms with Gasteiger partial charge in [-0.3, -0.25) is 0 Å². The molecular weight excluding hydrogens is 256 g/mol. The van der Waals surface area contributed by atoms with Gasteiger partial charge in [0.25, 0.3) is 0 Å². The molecule has 2 aromatic carbocycles. The fraction of sp³-hybridized carbons (Fsp3) is 0.294. The van der Waals surface area contributed by atoms with Crippen LogP contribution in [0.15, 0.2) is 42.5 Å². The number of aryl methyl sites for hydroxylation is 1. The van der Waals surface area contributed by atoms with Gasteiger partial charge in [-0.2, -0.15) is 0 Å². The van der Waals surface area contributed by atoms with E-state index in [1.54, 1.807) is 6.07 Å². The molecule has 0 amide bonds. The Morgan fingerprint density at radius 1 is 1.05 bits per heavy atom. The van der Waals surface area contributed by atoms with Crippen LogP contribution in [0, 0.1) is 11.6 Å². The second-order valence-electron chi connectivity index (χ2n) is 4.95. The Bertz CT molecular complexity index is 581. The molecule has 20 heavy (non-hydrogen) atoms. The number of benzene rings is 2. The molecule has 2 rings (SSSR count). The highest BCUT2D eigenvalue weighted by Gasteiger charge is 2.10. The summed E-state index contributed by atoms with van der Waals surface area (Å²) in [7, 11) is 0. The number of hydrogen-bond acceptors (Lipinski definition) is 1. The van der Waals surface area contributed by atoms with Crippen LogP contribution in [0.4, 0.5) is 14.5 Å². The van der Waals surface area contributed by atoms with Gasteiger partial charge in [-0.15, -0.1) is 0 Å². The Hall–Kier alpha value is -1.90. The SMILES string of the molecule is CCCc1ccccc1NC(C)c1ccc(F)c(F)c1. The first kappa shape index (κ1) is 14.5. The predicted molar refractivity (Wildman–Crippen MR) is 78.8 cm³/mol. The standard InChI is InChI=1S/C17H19F2N/c1-3-6-13-7-4-5-8-17(13)20-12(2)14-9-10-15(18)16(19)11-14/h4-5,7-12,20H,3,6H2,1-2H3. The molecule has 3 heteroatoms. The summed E-state index contributed by atoms with van der Waals surface area (Å²) in [4.78, 5) is 0. The molecule has 0 radical (unpaired) electrons. The zero-order chi connectivity index (χ0) is 14.5. The van der Waals surface area contributed by atoms with E-state index in [1.165, 1.54) is 17.7 Å². The van der Waals surface area contributed by atoms with Gasteiger partial charge in [0.05, 0.1) is 0 Å². The van der Waals surface area contributed by atoms with Crippen molar-refractivity contribution in [3.8, 4) is 0 Å². The van der Waals surface area contributed by atoms with Crippen molar-refractivity contribution < 1.29 is 8.78 Å². The van der Waals surface area contributed by atoms with E-state index < -0.39 is 11.6 Å². The van der Waals surface area contributed by atoms with Crippen LogP contribution in [0.2, 0.25) is 0 Å². The number of hydrogen-bond donors (Lipinski definition) is 1. The van der Waals surface area contributed by atoms with Crippen molar-refractivity contribution in [1.29, 1.82) is 0 Å². The van der Waals surface area contributed by atoms with Gasteiger partial charge in [0.2, 0.25) is 0 Å². The molecule has 0 aliphatic heterocycles. The second kappa shape index (κ2) is 6.51. The Morgan fingerprint density at radius 2 is 1.80 bits per heavy atom. The topological polar surface area (TPSA) is 12.0 Å². The van der Waals surface area contributed by atoms with Gasteiger partial charge in [0.15, 0.2) is 11.6 Å². The average molecular weight is 275 g/mol. The average Bonchev–Trinajstić information content (AvgIpc) is 2.44. The van der Waals surface area contributed by atoms with Crippen molar-refractivity contribution in [2.45, 2.75) is 32.7 Å². The van der Waals surface area contributed by atoms with Gasteiger partial charge in [-0.1, -0.05) is 37.6 Å². The third kappa shape index (κ3) is 3.35. The van der Waals surface area contributed by atoms with Crippen LogP contribution in [0.3, 0.4) is 0 Å². The fourth-order valence-electron chi connectivity index (χ4n) is 2.25. The zero-order valence-electron chi connectivity index (χ0n) is 11.8. The summed E-state index contributed by atoms with van der Waals surface area (Å²) in [5.41, 5.74) is 3.02. The number of anilines is 1. The number of rotatable bonds is 5. The van der Waals surface area contributed by atoms with Crippen molar-refractivity contribution >= 4 is 5.69 Å². The van der Waals surface area contributed by atoms with Crippen molar-refractivity contribution in [3.05, 3.63) is 65.2 Å². The van der Waals surface area contributed by atoms with Gasteiger partial charge in [-0.05, 0) is 42.7 Å². The molecule has 0 aliphatic rings. The summed E-state index contributed by atoms with van der Waals surface area (Å²) in [6.07, 6.45) is 2.06. The Morgan fingerprint density at radius 3 is 2.50 bits per heavy atom. The lowest BCUT2D eigenvalue weighted by molar-refractivity contribution is 0.506. The number of para-hydroxylation sites is 1. The molecule has 0 saturated heterocycles. The molecule has 1 unspecified atom stereocenters. The molecule has 0 aromatic heterocycles. The monoisotopic (exact) mass is 275 g/mol. The van der Waals surface area contributed by atoms with Crippen molar-refractivity contribution in [2.75, 3.05) is 5.32 Å². The predicted octanol–water partition coefficient (Wildman–Crippen LogP) is 5.09. The summed E-state index contributed by atoms with van der Waals surface area (Å²) >= 11 is 0. The lowest BCUT2D eigenvalue weighted by Crippen LogP contribution is -2.09. The lowest BCUT2D eigenvalue weighted by Gasteiger charge is -2.18. The smallest absolute Gasteiger partial charge is 0.159 e. The van der Waals surface area contributed by atoms with Gasteiger partial charge in [-0.25, -0.2) is 8.78 Å². The first-order valence-corrected chi connectivity index (χ1v) is 6.91. The molecule has 106 valence electrons. The lowest BCUT2D eigenvalue weighted by atomic mass is 10.0. The largest absolute Gasteiger partial charge is 0.378 e. The molecule has 1 nitrogen and oxygen atoms in total. The maximum Gasteiger partial charge on any atom is 0.159 e. The minimum absolute atomic E-state index is 0.0805. The van der Waals surface area contributed by atoms with Crippen LogP contribution in [-0.4, -0.2) is 0 Å². The van der Waals surface area contributed by atoms with Crippen LogP contribution in [0.1, 0.15) is 37.4 Å². The van der Waals surface area contributed by atoms with E-state index in [0.717, 1.165) is 24.1 Å². The highest BCUT2D eigenvalue weighted by Crippen LogP contribution is 2.24.